The average molecular weight is 224 g/mol. The van der Waals surface area contributed by atoms with Crippen molar-refractivity contribution >= 4 is 5.91 Å². The van der Waals surface area contributed by atoms with Crippen molar-refractivity contribution in [2.24, 2.45) is 5.92 Å². The summed E-state index contributed by atoms with van der Waals surface area (Å²) in [6.07, 6.45) is 2.24. The Bertz CT molecular complexity index is 366. The molecule has 0 fully saturated rings. The van der Waals surface area contributed by atoms with E-state index in [1.165, 1.54) is 12.3 Å². The zero-order valence-electron chi connectivity index (χ0n) is 9.90. The molecule has 1 heterocycles. The Morgan fingerprint density at radius 2 is 2.25 bits per heavy atom. The normalized spacial score (nSPS) is 10.6. The van der Waals surface area contributed by atoms with E-state index < -0.39 is 5.95 Å². The van der Waals surface area contributed by atoms with Crippen LogP contribution in [-0.4, -0.2) is 29.4 Å². The number of pyridine rings is 1. The van der Waals surface area contributed by atoms with Crippen LogP contribution in [0.1, 0.15) is 30.6 Å². The van der Waals surface area contributed by atoms with Gasteiger partial charge in [0, 0.05) is 31.4 Å². The van der Waals surface area contributed by atoms with Crippen molar-refractivity contribution in [1.82, 2.24) is 9.88 Å². The maximum atomic E-state index is 12.8. The van der Waals surface area contributed by atoms with Crippen molar-refractivity contribution in [3.8, 4) is 0 Å². The molecule has 88 valence electrons. The number of hydrogen-bond donors (Lipinski definition) is 0. The third kappa shape index (κ3) is 3.61. The molecule has 0 bridgehead atoms. The highest BCUT2D eigenvalue weighted by atomic mass is 19.1. The molecule has 4 heteroatoms. The highest BCUT2D eigenvalue weighted by Crippen LogP contribution is 2.07. The molecule has 0 aliphatic heterocycles. The average Bonchev–Trinajstić information content (AvgIpc) is 2.24. The number of hydrogen-bond acceptors (Lipinski definition) is 2. The van der Waals surface area contributed by atoms with Crippen molar-refractivity contribution in [2.45, 2.75) is 20.3 Å². The van der Waals surface area contributed by atoms with E-state index in [-0.39, 0.29) is 5.91 Å². The second-order valence-corrected chi connectivity index (χ2v) is 4.28. The van der Waals surface area contributed by atoms with Crippen LogP contribution in [-0.2, 0) is 0 Å². The number of nitrogens with zero attached hydrogens (tertiary/aromatic N) is 2. The van der Waals surface area contributed by atoms with Crippen LogP contribution < -0.4 is 0 Å². The zero-order valence-corrected chi connectivity index (χ0v) is 9.90. The lowest BCUT2D eigenvalue weighted by molar-refractivity contribution is 0.0788. The lowest BCUT2D eigenvalue weighted by atomic mass is 10.1. The van der Waals surface area contributed by atoms with Gasteiger partial charge in [0.1, 0.15) is 0 Å². The number of halogens is 1. The molecule has 0 aromatic carbocycles. The standard InChI is InChI=1S/C12H17FN2O/c1-9(2)5-7-15(3)12(16)10-4-6-14-11(13)8-10/h4,6,8-9H,5,7H2,1-3H3. The Morgan fingerprint density at radius 3 is 2.81 bits per heavy atom. The highest BCUT2D eigenvalue weighted by Gasteiger charge is 2.12. The van der Waals surface area contributed by atoms with Crippen LogP contribution in [0.4, 0.5) is 4.39 Å². The number of carbonyl (C=O) groups excluding carboxylic acids is 1. The van der Waals surface area contributed by atoms with E-state index in [0.29, 0.717) is 18.0 Å². The Kier molecular flexibility index (Phi) is 4.40. The van der Waals surface area contributed by atoms with Crippen LogP contribution in [0.3, 0.4) is 0 Å². The van der Waals surface area contributed by atoms with Gasteiger partial charge in [-0.05, 0) is 18.4 Å². The number of rotatable bonds is 4. The summed E-state index contributed by atoms with van der Waals surface area (Å²) >= 11 is 0. The maximum absolute atomic E-state index is 12.8. The molecular weight excluding hydrogens is 207 g/mol. The summed E-state index contributed by atoms with van der Waals surface area (Å²) in [5.74, 6) is -0.241. The summed E-state index contributed by atoms with van der Waals surface area (Å²) < 4.78 is 12.8. The molecular formula is C12H17FN2O. The van der Waals surface area contributed by atoms with Gasteiger partial charge in [0.2, 0.25) is 5.95 Å². The molecule has 0 saturated carbocycles. The third-order valence-corrected chi connectivity index (χ3v) is 2.36. The monoisotopic (exact) mass is 224 g/mol. The van der Waals surface area contributed by atoms with E-state index >= 15 is 0 Å². The van der Waals surface area contributed by atoms with E-state index in [9.17, 15) is 9.18 Å². The van der Waals surface area contributed by atoms with Gasteiger partial charge in [-0.1, -0.05) is 13.8 Å². The van der Waals surface area contributed by atoms with Crippen molar-refractivity contribution < 1.29 is 9.18 Å². The second-order valence-electron chi connectivity index (χ2n) is 4.28. The second kappa shape index (κ2) is 5.58. The van der Waals surface area contributed by atoms with E-state index in [1.54, 1.807) is 11.9 Å². The van der Waals surface area contributed by atoms with Gasteiger partial charge in [-0.25, -0.2) is 4.98 Å². The summed E-state index contributed by atoms with van der Waals surface area (Å²) in [5, 5.41) is 0. The van der Waals surface area contributed by atoms with Gasteiger partial charge >= 0.3 is 0 Å². The first-order valence-corrected chi connectivity index (χ1v) is 5.37. The van der Waals surface area contributed by atoms with Crippen LogP contribution in [0.5, 0.6) is 0 Å². The molecule has 0 saturated heterocycles. The van der Waals surface area contributed by atoms with E-state index in [1.807, 2.05) is 0 Å². The van der Waals surface area contributed by atoms with Crippen molar-refractivity contribution in [3.05, 3.63) is 29.8 Å². The first kappa shape index (κ1) is 12.6. The molecule has 0 N–H and O–H groups in total. The fourth-order valence-electron chi connectivity index (χ4n) is 1.31. The van der Waals surface area contributed by atoms with Crippen LogP contribution in [0.15, 0.2) is 18.3 Å². The Balaban J connectivity index is 2.63. The largest absolute Gasteiger partial charge is 0.342 e. The van der Waals surface area contributed by atoms with Gasteiger partial charge in [-0.3, -0.25) is 4.79 Å². The fraction of sp³-hybridized carbons (Fsp3) is 0.500. The van der Waals surface area contributed by atoms with Gasteiger partial charge in [-0.2, -0.15) is 4.39 Å². The van der Waals surface area contributed by atoms with Crippen molar-refractivity contribution in [1.29, 1.82) is 0 Å². The third-order valence-electron chi connectivity index (χ3n) is 2.36. The summed E-state index contributed by atoms with van der Waals surface area (Å²) in [4.78, 5) is 16.9. The Hall–Kier alpha value is -1.45. The molecule has 0 aliphatic carbocycles. The SMILES string of the molecule is CC(C)CCN(C)C(=O)c1ccnc(F)c1. The highest BCUT2D eigenvalue weighted by molar-refractivity contribution is 5.93. The molecule has 0 aliphatic rings. The van der Waals surface area contributed by atoms with E-state index in [4.69, 9.17) is 0 Å². The first-order valence-electron chi connectivity index (χ1n) is 5.37. The lowest BCUT2D eigenvalue weighted by Crippen LogP contribution is -2.28. The first-order chi connectivity index (χ1) is 7.50. The molecule has 16 heavy (non-hydrogen) atoms. The Labute approximate surface area is 95.3 Å². The molecule has 1 aromatic rings. The van der Waals surface area contributed by atoms with E-state index in [2.05, 4.69) is 18.8 Å². The van der Waals surface area contributed by atoms with Gasteiger partial charge in [0.05, 0.1) is 0 Å². The molecule has 1 amide bonds. The lowest BCUT2D eigenvalue weighted by Gasteiger charge is -2.18. The number of aromatic nitrogens is 1. The van der Waals surface area contributed by atoms with Crippen LogP contribution in [0.25, 0.3) is 0 Å². The van der Waals surface area contributed by atoms with Crippen LogP contribution in [0, 0.1) is 11.9 Å². The van der Waals surface area contributed by atoms with Gasteiger partial charge in [-0.15, -0.1) is 0 Å². The molecule has 0 radical (unpaired) electrons. The maximum Gasteiger partial charge on any atom is 0.253 e. The Morgan fingerprint density at radius 1 is 1.56 bits per heavy atom. The molecule has 3 nitrogen and oxygen atoms in total. The van der Waals surface area contributed by atoms with Gasteiger partial charge in [0.25, 0.3) is 5.91 Å². The summed E-state index contributed by atoms with van der Waals surface area (Å²) in [5.41, 5.74) is 0.346. The topological polar surface area (TPSA) is 33.2 Å². The molecule has 1 aromatic heterocycles. The van der Waals surface area contributed by atoms with Gasteiger partial charge in [0.15, 0.2) is 0 Å². The summed E-state index contributed by atoms with van der Waals surface area (Å²) in [6.45, 7) is 4.88. The van der Waals surface area contributed by atoms with Crippen LogP contribution >= 0.6 is 0 Å². The predicted octanol–water partition coefficient (Wildman–Crippen LogP) is 2.34. The number of amides is 1. The zero-order chi connectivity index (χ0) is 12.1. The summed E-state index contributed by atoms with van der Waals surface area (Å²) in [6, 6.07) is 2.69. The fourth-order valence-corrected chi connectivity index (χ4v) is 1.31. The predicted molar refractivity (Wildman–Crippen MR) is 60.6 cm³/mol. The minimum atomic E-state index is -0.622. The molecule has 0 spiro atoms. The molecule has 0 atom stereocenters. The molecule has 1 rings (SSSR count). The quantitative estimate of drug-likeness (QED) is 0.735. The van der Waals surface area contributed by atoms with Crippen molar-refractivity contribution in [2.75, 3.05) is 13.6 Å². The minimum Gasteiger partial charge on any atom is -0.342 e. The minimum absolute atomic E-state index is 0.165. The van der Waals surface area contributed by atoms with Crippen LogP contribution in [0.2, 0.25) is 0 Å². The smallest absolute Gasteiger partial charge is 0.253 e. The summed E-state index contributed by atoms with van der Waals surface area (Å²) in [7, 11) is 1.73. The van der Waals surface area contributed by atoms with Gasteiger partial charge < -0.3 is 4.90 Å². The van der Waals surface area contributed by atoms with E-state index in [0.717, 1.165) is 12.5 Å². The number of carbonyl (C=O) groups is 1. The molecule has 0 unspecified atom stereocenters. The van der Waals surface area contributed by atoms with Crippen molar-refractivity contribution in [3.63, 3.8) is 0 Å².